The van der Waals surface area contributed by atoms with Gasteiger partial charge in [-0.15, -0.1) is 24.0 Å². The molecule has 0 aliphatic heterocycles. The predicted octanol–water partition coefficient (Wildman–Crippen LogP) is 3.94. The molecule has 2 aromatic carbocycles. The zero-order chi connectivity index (χ0) is 22.8. The van der Waals surface area contributed by atoms with Crippen LogP contribution in [0, 0.1) is 0 Å². The van der Waals surface area contributed by atoms with Crippen LogP contribution in [0.1, 0.15) is 29.7 Å². The van der Waals surface area contributed by atoms with E-state index in [1.165, 1.54) is 12.1 Å². The molecule has 3 N–H and O–H groups in total. The van der Waals surface area contributed by atoms with Crippen LogP contribution in [0.3, 0.4) is 0 Å². The maximum absolute atomic E-state index is 12.3. The van der Waals surface area contributed by atoms with E-state index < -0.39 is 12.7 Å². The summed E-state index contributed by atoms with van der Waals surface area (Å²) in [5, 5.41) is 16.7. The van der Waals surface area contributed by atoms with Crippen molar-refractivity contribution in [3.05, 3.63) is 83.9 Å². The van der Waals surface area contributed by atoms with Crippen LogP contribution in [-0.2, 0) is 13.1 Å². The van der Waals surface area contributed by atoms with Gasteiger partial charge in [-0.2, -0.15) is 8.78 Å². The Balaban J connectivity index is 0.00000385. The van der Waals surface area contributed by atoms with Gasteiger partial charge in [-0.1, -0.05) is 36.4 Å². The van der Waals surface area contributed by atoms with Gasteiger partial charge >= 0.3 is 6.61 Å². The Hall–Kier alpha value is -2.73. The van der Waals surface area contributed by atoms with E-state index in [-0.39, 0.29) is 36.3 Å². The summed E-state index contributed by atoms with van der Waals surface area (Å²) in [6, 6.07) is 14.1. The second-order valence-corrected chi connectivity index (χ2v) is 7.09. The van der Waals surface area contributed by atoms with E-state index >= 15 is 0 Å². The number of aliphatic hydroxyl groups excluding tert-OH is 1. The molecule has 33 heavy (non-hydrogen) atoms. The number of rotatable bonds is 10. The van der Waals surface area contributed by atoms with Crippen molar-refractivity contribution in [2.75, 3.05) is 13.1 Å². The fourth-order valence-corrected chi connectivity index (χ4v) is 3.11. The molecule has 0 saturated carbocycles. The van der Waals surface area contributed by atoms with Gasteiger partial charge < -0.3 is 25.0 Å². The summed E-state index contributed by atoms with van der Waals surface area (Å²) in [4.78, 5) is 8.66. The van der Waals surface area contributed by atoms with Crippen molar-refractivity contribution in [3.8, 4) is 5.75 Å². The molecule has 0 spiro atoms. The number of nitrogens with one attached hydrogen (secondary N) is 2. The minimum absolute atomic E-state index is 0. The number of alkyl halides is 2. The number of guanidine groups is 1. The Labute approximate surface area is 208 Å². The van der Waals surface area contributed by atoms with Gasteiger partial charge in [-0.25, -0.2) is 9.98 Å². The van der Waals surface area contributed by atoms with Crippen LogP contribution >= 0.6 is 24.0 Å². The lowest BCUT2D eigenvalue weighted by molar-refractivity contribution is -0.0498. The molecule has 7 nitrogen and oxygen atoms in total. The second-order valence-electron chi connectivity index (χ2n) is 7.09. The molecule has 0 aliphatic carbocycles. The molecule has 1 aromatic heterocycles. The zero-order valence-corrected chi connectivity index (χ0v) is 20.5. The Kier molecular flexibility index (Phi) is 11.0. The van der Waals surface area contributed by atoms with Gasteiger partial charge in [0, 0.05) is 32.0 Å². The normalized spacial score (nSPS) is 12.2. The Morgan fingerprint density at radius 1 is 1.15 bits per heavy atom. The third-order valence-electron chi connectivity index (χ3n) is 4.63. The molecule has 0 aliphatic rings. The Bertz CT molecular complexity index is 985. The van der Waals surface area contributed by atoms with Crippen LogP contribution < -0.4 is 15.4 Å². The molecule has 0 saturated heterocycles. The lowest BCUT2D eigenvalue weighted by atomic mass is 10.1. The van der Waals surface area contributed by atoms with E-state index in [1.54, 1.807) is 24.7 Å². The number of ether oxygens (including phenoxy) is 1. The lowest BCUT2D eigenvalue weighted by Gasteiger charge is -2.16. The first-order valence-electron chi connectivity index (χ1n) is 10.3. The first-order valence-corrected chi connectivity index (χ1v) is 10.3. The second kappa shape index (κ2) is 13.7. The highest BCUT2D eigenvalue weighted by atomic mass is 127. The number of halogens is 3. The first kappa shape index (κ1) is 26.5. The number of hydrogen-bond donors (Lipinski definition) is 3. The topological polar surface area (TPSA) is 83.7 Å². The largest absolute Gasteiger partial charge is 0.435 e. The number of aliphatic imine (C=N–C) groups is 1. The quantitative estimate of drug-likeness (QED) is 0.195. The van der Waals surface area contributed by atoms with Crippen LogP contribution in [0.2, 0.25) is 0 Å². The van der Waals surface area contributed by atoms with Crippen molar-refractivity contribution in [3.63, 3.8) is 0 Å². The minimum Gasteiger partial charge on any atom is -0.435 e. The summed E-state index contributed by atoms with van der Waals surface area (Å²) >= 11 is 0. The zero-order valence-electron chi connectivity index (χ0n) is 18.2. The summed E-state index contributed by atoms with van der Waals surface area (Å²) < 4.78 is 30.8. The minimum atomic E-state index is -2.88. The molecule has 10 heteroatoms. The number of nitrogens with zero attached hydrogens (tertiary/aromatic N) is 3. The van der Waals surface area contributed by atoms with Gasteiger partial charge in [0.15, 0.2) is 5.96 Å². The fourth-order valence-electron chi connectivity index (χ4n) is 3.11. The smallest absolute Gasteiger partial charge is 0.387 e. The third-order valence-corrected chi connectivity index (χ3v) is 4.63. The third kappa shape index (κ3) is 8.97. The standard InChI is InChI=1S/C23H27F2N5O2.HI/c1-2-27-23(29-14-21(31)19-6-8-20(9-7-19)32-22(24)25)28-13-17-4-3-5-18(12-17)15-30-11-10-26-16-30;/h3-12,16,21-22,31H,2,13-15H2,1H3,(H2,27,28,29);1H. The van der Waals surface area contributed by atoms with Gasteiger partial charge in [-0.3, -0.25) is 0 Å². The van der Waals surface area contributed by atoms with Gasteiger partial charge in [0.05, 0.1) is 19.0 Å². The van der Waals surface area contributed by atoms with E-state index in [4.69, 9.17) is 0 Å². The molecule has 0 amide bonds. The van der Waals surface area contributed by atoms with E-state index in [2.05, 4.69) is 37.5 Å². The van der Waals surface area contributed by atoms with E-state index in [0.717, 1.165) is 17.7 Å². The van der Waals surface area contributed by atoms with Gasteiger partial charge in [0.2, 0.25) is 0 Å². The highest BCUT2D eigenvalue weighted by Gasteiger charge is 2.10. The SMILES string of the molecule is CCNC(=NCc1cccc(Cn2ccnc2)c1)NCC(O)c1ccc(OC(F)F)cc1.I. The molecule has 1 unspecified atom stereocenters. The van der Waals surface area contributed by atoms with Crippen molar-refractivity contribution in [1.29, 1.82) is 0 Å². The molecule has 3 aromatic rings. The van der Waals surface area contributed by atoms with Crippen LogP contribution in [0.5, 0.6) is 5.75 Å². The number of imidazole rings is 1. The first-order chi connectivity index (χ1) is 15.5. The maximum atomic E-state index is 12.3. The van der Waals surface area contributed by atoms with Crippen LogP contribution in [-0.4, -0.2) is 40.3 Å². The highest BCUT2D eigenvalue weighted by Crippen LogP contribution is 2.19. The van der Waals surface area contributed by atoms with Gasteiger partial charge in [0.1, 0.15) is 5.75 Å². The van der Waals surface area contributed by atoms with Crippen molar-refractivity contribution >= 4 is 29.9 Å². The van der Waals surface area contributed by atoms with Gasteiger partial charge in [-0.05, 0) is 35.7 Å². The molecule has 0 bridgehead atoms. The lowest BCUT2D eigenvalue weighted by Crippen LogP contribution is -2.39. The van der Waals surface area contributed by atoms with E-state index in [0.29, 0.717) is 24.6 Å². The monoisotopic (exact) mass is 571 g/mol. The van der Waals surface area contributed by atoms with Crippen molar-refractivity contribution in [2.45, 2.75) is 32.7 Å². The average Bonchev–Trinajstić information content (AvgIpc) is 3.29. The van der Waals surface area contributed by atoms with Crippen molar-refractivity contribution in [1.82, 2.24) is 20.2 Å². The summed E-state index contributed by atoms with van der Waals surface area (Å²) in [7, 11) is 0. The number of hydrogen-bond acceptors (Lipinski definition) is 4. The predicted molar refractivity (Wildman–Crippen MR) is 134 cm³/mol. The Morgan fingerprint density at radius 2 is 1.91 bits per heavy atom. The molecule has 0 radical (unpaired) electrons. The van der Waals surface area contributed by atoms with E-state index in [1.807, 2.05) is 29.8 Å². The summed E-state index contributed by atoms with van der Waals surface area (Å²) in [5.41, 5.74) is 2.81. The number of aromatic nitrogens is 2. The highest BCUT2D eigenvalue weighted by molar-refractivity contribution is 14.0. The summed E-state index contributed by atoms with van der Waals surface area (Å²) in [6.45, 7) is 1.18. The molecule has 1 atom stereocenters. The van der Waals surface area contributed by atoms with Crippen molar-refractivity contribution < 1.29 is 18.6 Å². The average molecular weight is 571 g/mol. The van der Waals surface area contributed by atoms with Crippen LogP contribution in [0.25, 0.3) is 0 Å². The Morgan fingerprint density at radius 3 is 2.58 bits per heavy atom. The molecular formula is C23H28F2IN5O2. The molecular weight excluding hydrogens is 543 g/mol. The summed E-state index contributed by atoms with van der Waals surface area (Å²) in [6.07, 6.45) is 4.62. The van der Waals surface area contributed by atoms with Crippen molar-refractivity contribution in [2.24, 2.45) is 4.99 Å². The molecule has 1 heterocycles. The molecule has 178 valence electrons. The fraction of sp³-hybridized carbons (Fsp3) is 0.304. The number of benzene rings is 2. The molecule has 0 fully saturated rings. The maximum Gasteiger partial charge on any atom is 0.387 e. The van der Waals surface area contributed by atoms with E-state index in [9.17, 15) is 13.9 Å². The van der Waals surface area contributed by atoms with Crippen LogP contribution in [0.4, 0.5) is 8.78 Å². The van der Waals surface area contributed by atoms with Crippen LogP contribution in [0.15, 0.2) is 72.2 Å². The van der Waals surface area contributed by atoms with Gasteiger partial charge in [0.25, 0.3) is 0 Å². The summed E-state index contributed by atoms with van der Waals surface area (Å²) in [5.74, 6) is 0.623. The molecule has 3 rings (SSSR count). The number of aliphatic hydroxyl groups is 1.